The van der Waals surface area contributed by atoms with Gasteiger partial charge < -0.3 is 25.4 Å². The molecular weight excluding hydrogens is 583 g/mol. The number of halogens is 2. The van der Waals surface area contributed by atoms with Crippen LogP contribution in [-0.4, -0.2) is 67.3 Å². The third-order valence-corrected chi connectivity index (χ3v) is 8.85. The number of carboxylic acid groups (broad SMARTS) is 1. The Morgan fingerprint density at radius 3 is 2.49 bits per heavy atom. The molecule has 2 aliphatic rings. The van der Waals surface area contributed by atoms with Gasteiger partial charge in [-0.1, -0.05) is 47.5 Å². The standard InChI is InChI=1S/C30H28Cl2N4O4S/c1-34-15-21(14-33)20-11-24(31)27(25(32)12-20)29(37)36-16-19-3-2-4-22(28(19)41-17-36)18-5-6-23(30(38)39)26(13-18)35-7-9-40-10-8-35/h2-6,11-15H,7-10,16-17,33H2,1H3,(H,38,39). The molecule has 8 nitrogen and oxygen atoms in total. The maximum Gasteiger partial charge on any atom is 0.337 e. The van der Waals surface area contributed by atoms with Crippen LogP contribution < -0.4 is 10.6 Å². The predicted octanol–water partition coefficient (Wildman–Crippen LogP) is 5.90. The molecule has 5 rings (SSSR count). The summed E-state index contributed by atoms with van der Waals surface area (Å²) in [7, 11) is 1.63. The first-order valence-corrected chi connectivity index (χ1v) is 14.6. The topological polar surface area (TPSA) is 108 Å². The molecule has 2 aliphatic heterocycles. The molecule has 3 N–H and O–H groups in total. The van der Waals surface area contributed by atoms with Gasteiger partial charge in [0.25, 0.3) is 5.91 Å². The lowest BCUT2D eigenvalue weighted by Gasteiger charge is -2.31. The smallest absolute Gasteiger partial charge is 0.337 e. The third-order valence-electron chi connectivity index (χ3n) is 7.04. The first-order chi connectivity index (χ1) is 19.8. The van der Waals surface area contributed by atoms with Gasteiger partial charge in [0, 0.05) is 49.6 Å². The lowest BCUT2D eigenvalue weighted by molar-refractivity contribution is 0.0695. The minimum Gasteiger partial charge on any atom is -0.478 e. The Labute approximate surface area is 252 Å². The lowest BCUT2D eigenvalue weighted by atomic mass is 9.99. The summed E-state index contributed by atoms with van der Waals surface area (Å²) in [5.41, 5.74) is 11.1. The molecule has 11 heteroatoms. The zero-order valence-electron chi connectivity index (χ0n) is 22.3. The van der Waals surface area contributed by atoms with Crippen molar-refractivity contribution in [2.45, 2.75) is 11.4 Å². The molecular formula is C30H28Cl2N4O4S. The van der Waals surface area contributed by atoms with Gasteiger partial charge in [0.15, 0.2) is 0 Å². The number of aromatic carboxylic acids is 1. The van der Waals surface area contributed by atoms with Gasteiger partial charge in [-0.05, 0) is 46.5 Å². The molecule has 3 aromatic rings. The number of morpholine rings is 1. The molecule has 2 heterocycles. The molecule has 0 saturated carbocycles. The summed E-state index contributed by atoms with van der Waals surface area (Å²) in [5.74, 6) is -0.828. The Kier molecular flexibility index (Phi) is 8.89. The number of fused-ring (bicyclic) bond motifs is 1. The predicted molar refractivity (Wildman–Crippen MR) is 166 cm³/mol. The number of nitrogens with two attached hydrogens (primary N) is 1. The number of nitrogens with zero attached hydrogens (tertiary/aromatic N) is 3. The summed E-state index contributed by atoms with van der Waals surface area (Å²) in [4.78, 5) is 34.4. The molecule has 1 saturated heterocycles. The molecule has 0 unspecified atom stereocenters. The molecule has 3 aromatic carbocycles. The van der Waals surface area contributed by atoms with Crippen molar-refractivity contribution >= 4 is 64.3 Å². The van der Waals surface area contributed by atoms with E-state index in [0.29, 0.717) is 55.5 Å². The second kappa shape index (κ2) is 12.6. The number of thioether (sulfide) groups is 1. The summed E-state index contributed by atoms with van der Waals surface area (Å²) in [5, 5.41) is 10.3. The fourth-order valence-electron chi connectivity index (χ4n) is 5.03. The highest BCUT2D eigenvalue weighted by atomic mass is 35.5. The number of ether oxygens (including phenoxy) is 1. The minimum absolute atomic E-state index is 0.236. The van der Waals surface area contributed by atoms with E-state index in [1.807, 2.05) is 30.3 Å². The third kappa shape index (κ3) is 5.94. The molecule has 0 bridgehead atoms. The Balaban J connectivity index is 1.44. The highest BCUT2D eigenvalue weighted by Gasteiger charge is 2.28. The molecule has 0 spiro atoms. The van der Waals surface area contributed by atoms with Crippen LogP contribution in [0.25, 0.3) is 16.7 Å². The van der Waals surface area contributed by atoms with E-state index >= 15 is 0 Å². The molecule has 0 aromatic heterocycles. The monoisotopic (exact) mass is 610 g/mol. The van der Waals surface area contributed by atoms with Crippen molar-refractivity contribution in [2.24, 2.45) is 10.7 Å². The molecule has 41 heavy (non-hydrogen) atoms. The van der Waals surface area contributed by atoms with E-state index in [1.54, 1.807) is 48.1 Å². The molecule has 1 fully saturated rings. The number of anilines is 1. The number of carbonyl (C=O) groups is 2. The fourth-order valence-corrected chi connectivity index (χ4v) is 6.83. The average Bonchev–Trinajstić information content (AvgIpc) is 2.98. The van der Waals surface area contributed by atoms with Crippen molar-refractivity contribution in [3.8, 4) is 11.1 Å². The van der Waals surface area contributed by atoms with Gasteiger partial charge in [0.1, 0.15) is 0 Å². The van der Waals surface area contributed by atoms with Gasteiger partial charge in [-0.2, -0.15) is 0 Å². The molecule has 0 aliphatic carbocycles. The number of carbonyl (C=O) groups excluding carboxylic acids is 1. The van der Waals surface area contributed by atoms with Gasteiger partial charge in [0.05, 0.1) is 46.0 Å². The van der Waals surface area contributed by atoms with Crippen LogP contribution in [0, 0.1) is 0 Å². The quantitative estimate of drug-likeness (QED) is 0.334. The molecule has 0 radical (unpaired) electrons. The number of amides is 1. The van der Waals surface area contributed by atoms with E-state index in [-0.39, 0.29) is 27.1 Å². The number of hydrogen-bond acceptors (Lipinski definition) is 7. The maximum absolute atomic E-state index is 13.6. The van der Waals surface area contributed by atoms with E-state index in [1.165, 1.54) is 6.20 Å². The van der Waals surface area contributed by atoms with Crippen LogP contribution in [0.2, 0.25) is 10.0 Å². The second-order valence-electron chi connectivity index (χ2n) is 9.53. The average molecular weight is 612 g/mol. The van der Waals surface area contributed by atoms with Crippen LogP contribution in [0.5, 0.6) is 0 Å². The second-order valence-corrected chi connectivity index (χ2v) is 11.3. The molecule has 0 atom stereocenters. The summed E-state index contributed by atoms with van der Waals surface area (Å²) in [6.07, 6.45) is 3.00. The van der Waals surface area contributed by atoms with E-state index in [2.05, 4.69) is 9.89 Å². The number of aliphatic imine (C=N–C) groups is 1. The van der Waals surface area contributed by atoms with Crippen molar-refractivity contribution in [3.63, 3.8) is 0 Å². The Bertz CT molecular complexity index is 1550. The van der Waals surface area contributed by atoms with Crippen LogP contribution in [0.3, 0.4) is 0 Å². The zero-order valence-corrected chi connectivity index (χ0v) is 24.6. The van der Waals surface area contributed by atoms with Crippen molar-refractivity contribution in [3.05, 3.63) is 87.0 Å². The van der Waals surface area contributed by atoms with Crippen LogP contribution in [0.15, 0.2) is 64.6 Å². The number of carboxylic acids is 1. The van der Waals surface area contributed by atoms with Gasteiger partial charge >= 0.3 is 5.97 Å². The largest absolute Gasteiger partial charge is 0.478 e. The Morgan fingerprint density at radius 2 is 1.83 bits per heavy atom. The van der Waals surface area contributed by atoms with Crippen molar-refractivity contribution < 1.29 is 19.4 Å². The van der Waals surface area contributed by atoms with Gasteiger partial charge in [-0.25, -0.2) is 4.79 Å². The zero-order chi connectivity index (χ0) is 29.1. The van der Waals surface area contributed by atoms with Crippen LogP contribution >= 0.6 is 35.0 Å². The number of benzene rings is 3. The van der Waals surface area contributed by atoms with Crippen molar-refractivity contribution in [1.82, 2.24) is 4.90 Å². The first kappa shape index (κ1) is 29.0. The highest BCUT2D eigenvalue weighted by molar-refractivity contribution is 7.99. The molecule has 212 valence electrons. The van der Waals surface area contributed by atoms with Gasteiger partial charge in [-0.15, -0.1) is 11.8 Å². The van der Waals surface area contributed by atoms with Crippen LogP contribution in [0.1, 0.15) is 31.8 Å². The fraction of sp³-hybridized carbons (Fsp3) is 0.233. The lowest BCUT2D eigenvalue weighted by Crippen LogP contribution is -2.37. The minimum atomic E-state index is -0.962. The number of allylic oxidation sites excluding steroid dienone is 1. The van der Waals surface area contributed by atoms with Crippen LogP contribution in [-0.2, 0) is 11.3 Å². The summed E-state index contributed by atoms with van der Waals surface area (Å²) in [6, 6.07) is 14.7. The number of rotatable bonds is 6. The van der Waals surface area contributed by atoms with Crippen molar-refractivity contribution in [1.29, 1.82) is 0 Å². The Morgan fingerprint density at radius 1 is 1.10 bits per heavy atom. The first-order valence-electron chi connectivity index (χ1n) is 12.9. The van der Waals surface area contributed by atoms with E-state index in [9.17, 15) is 14.7 Å². The maximum atomic E-state index is 13.6. The van der Waals surface area contributed by atoms with Crippen molar-refractivity contribution in [2.75, 3.05) is 44.1 Å². The van der Waals surface area contributed by atoms with E-state index < -0.39 is 5.97 Å². The normalized spacial score (nSPS) is 15.7. The van der Waals surface area contributed by atoms with Gasteiger partial charge in [0.2, 0.25) is 0 Å². The summed E-state index contributed by atoms with van der Waals surface area (Å²) in [6.45, 7) is 2.75. The van der Waals surface area contributed by atoms with Crippen LogP contribution in [0.4, 0.5) is 5.69 Å². The summed E-state index contributed by atoms with van der Waals surface area (Å²) < 4.78 is 5.46. The number of hydrogen-bond donors (Lipinski definition) is 2. The van der Waals surface area contributed by atoms with Gasteiger partial charge in [-0.3, -0.25) is 9.79 Å². The Hall–Kier alpha value is -3.50. The molecule has 1 amide bonds. The highest BCUT2D eigenvalue weighted by Crippen LogP contribution is 2.41. The SMILES string of the molecule is CN=CC(=CN)c1cc(Cl)c(C(=O)N2CSc3c(cccc3-c3ccc(C(=O)O)c(N4CCOCC4)c3)C2)c(Cl)c1. The summed E-state index contributed by atoms with van der Waals surface area (Å²) >= 11 is 14.7. The van der Waals surface area contributed by atoms with E-state index in [0.717, 1.165) is 21.6 Å². The van der Waals surface area contributed by atoms with E-state index in [4.69, 9.17) is 33.7 Å².